The van der Waals surface area contributed by atoms with Crippen LogP contribution in [0.15, 0.2) is 54.9 Å². The molecule has 1 aliphatic heterocycles. The van der Waals surface area contributed by atoms with Crippen molar-refractivity contribution in [2.24, 2.45) is 0 Å². The first-order valence-corrected chi connectivity index (χ1v) is 13.1. The van der Waals surface area contributed by atoms with E-state index in [9.17, 15) is 18.0 Å². The molecule has 1 atom stereocenters. The Kier molecular flexibility index (Phi) is 7.47. The van der Waals surface area contributed by atoms with E-state index in [4.69, 9.17) is 16.3 Å². The fourth-order valence-corrected chi connectivity index (χ4v) is 6.07. The third-order valence-electron chi connectivity index (χ3n) is 5.76. The maximum atomic E-state index is 13.5. The first-order valence-electron chi connectivity index (χ1n) is 11.1. The van der Waals surface area contributed by atoms with E-state index in [0.717, 1.165) is 0 Å². The molecule has 2 bridgehead atoms. The van der Waals surface area contributed by atoms with Crippen molar-refractivity contribution < 1.29 is 22.7 Å². The molecular weight excluding hydrogens is 490 g/mol. The molecule has 3 aromatic rings. The van der Waals surface area contributed by atoms with Crippen LogP contribution in [0.1, 0.15) is 41.3 Å². The second-order valence-corrected chi connectivity index (χ2v) is 10.9. The van der Waals surface area contributed by atoms with Gasteiger partial charge < -0.3 is 10.1 Å². The number of halogens is 1. The Morgan fingerprint density at radius 2 is 1.97 bits per heavy atom. The van der Waals surface area contributed by atoms with Crippen molar-refractivity contribution >= 4 is 39.0 Å². The standard InChI is InChI=1S/C25H24ClN3O5S/c1-34-24(31)13-16-5-7-19-21-14-17(9-10-27-21)25(20-8-6-18(26)15-28-20)35(32,33)11-3-2-4-23(30)29-22(19)12-16/h5-10,12,14-15,25H,2-4,11,13H2,1H3,(H,29,30). The number of amides is 1. The highest BCUT2D eigenvalue weighted by atomic mass is 35.5. The summed E-state index contributed by atoms with van der Waals surface area (Å²) in [6, 6.07) is 11.8. The Balaban J connectivity index is 1.86. The van der Waals surface area contributed by atoms with Crippen LogP contribution >= 0.6 is 11.6 Å². The van der Waals surface area contributed by atoms with Crippen molar-refractivity contribution in [1.29, 1.82) is 0 Å². The molecule has 3 heterocycles. The lowest BCUT2D eigenvalue weighted by atomic mass is 10.0. The lowest BCUT2D eigenvalue weighted by molar-refractivity contribution is -0.139. The molecule has 1 aliphatic rings. The molecule has 1 aromatic carbocycles. The number of anilines is 1. The zero-order valence-corrected chi connectivity index (χ0v) is 20.6. The second kappa shape index (κ2) is 10.5. The number of aromatic nitrogens is 2. The van der Waals surface area contributed by atoms with E-state index in [1.807, 2.05) is 0 Å². The molecule has 0 radical (unpaired) electrons. The second-order valence-electron chi connectivity index (χ2n) is 8.26. The normalized spacial score (nSPS) is 17.7. The van der Waals surface area contributed by atoms with Gasteiger partial charge in [0.2, 0.25) is 5.91 Å². The first kappa shape index (κ1) is 24.8. The number of sulfone groups is 1. The van der Waals surface area contributed by atoms with Crippen LogP contribution in [0.3, 0.4) is 0 Å². The minimum Gasteiger partial charge on any atom is -0.469 e. The van der Waals surface area contributed by atoms with Crippen LogP contribution in [0, 0.1) is 0 Å². The molecule has 8 nitrogen and oxygen atoms in total. The number of methoxy groups -OCH3 is 1. The summed E-state index contributed by atoms with van der Waals surface area (Å²) in [6.45, 7) is 0. The average Bonchev–Trinajstić information content (AvgIpc) is 2.83. The molecule has 1 unspecified atom stereocenters. The largest absolute Gasteiger partial charge is 0.469 e. The summed E-state index contributed by atoms with van der Waals surface area (Å²) in [6.07, 6.45) is 3.90. The number of benzene rings is 1. The minimum atomic E-state index is -3.66. The number of carbonyl (C=O) groups is 2. The highest BCUT2D eigenvalue weighted by Crippen LogP contribution is 2.35. The van der Waals surface area contributed by atoms with E-state index in [-0.39, 0.29) is 24.5 Å². The molecule has 4 rings (SSSR count). The summed E-state index contributed by atoms with van der Waals surface area (Å²) in [5.41, 5.74) is 3.12. The molecule has 1 amide bonds. The van der Waals surface area contributed by atoms with Crippen LogP contribution in [0.2, 0.25) is 5.02 Å². The van der Waals surface area contributed by atoms with E-state index < -0.39 is 21.1 Å². The van der Waals surface area contributed by atoms with E-state index in [0.29, 0.717) is 51.6 Å². The summed E-state index contributed by atoms with van der Waals surface area (Å²) in [5.74, 6) is -0.738. The fourth-order valence-electron chi connectivity index (χ4n) is 4.05. The van der Waals surface area contributed by atoms with Gasteiger partial charge in [0.15, 0.2) is 9.84 Å². The Labute approximate surface area is 208 Å². The quantitative estimate of drug-likeness (QED) is 0.523. The predicted molar refractivity (Wildman–Crippen MR) is 133 cm³/mol. The van der Waals surface area contributed by atoms with Gasteiger partial charge in [0, 0.05) is 24.4 Å². The van der Waals surface area contributed by atoms with Crippen LogP contribution in [-0.2, 0) is 30.6 Å². The lowest BCUT2D eigenvalue weighted by Gasteiger charge is -2.19. The van der Waals surface area contributed by atoms with Crippen molar-refractivity contribution in [2.75, 3.05) is 18.2 Å². The van der Waals surface area contributed by atoms with Crippen molar-refractivity contribution in [1.82, 2.24) is 9.97 Å². The molecule has 0 fully saturated rings. The molecule has 0 saturated carbocycles. The summed E-state index contributed by atoms with van der Waals surface area (Å²) >= 11 is 5.99. The number of ether oxygens (including phenoxy) is 1. The van der Waals surface area contributed by atoms with Gasteiger partial charge in [-0.25, -0.2) is 8.42 Å². The molecule has 2 aromatic heterocycles. The number of esters is 1. The summed E-state index contributed by atoms with van der Waals surface area (Å²) in [7, 11) is -2.35. The average molecular weight is 514 g/mol. The van der Waals surface area contributed by atoms with E-state index >= 15 is 0 Å². The van der Waals surface area contributed by atoms with Gasteiger partial charge in [-0.05, 0) is 54.3 Å². The van der Waals surface area contributed by atoms with E-state index in [1.54, 1.807) is 42.5 Å². The van der Waals surface area contributed by atoms with Crippen molar-refractivity contribution in [3.05, 3.63) is 76.7 Å². The van der Waals surface area contributed by atoms with Crippen molar-refractivity contribution in [2.45, 2.75) is 30.9 Å². The van der Waals surface area contributed by atoms with Gasteiger partial charge in [0.25, 0.3) is 0 Å². The van der Waals surface area contributed by atoms with Crippen LogP contribution in [0.5, 0.6) is 0 Å². The van der Waals surface area contributed by atoms with Gasteiger partial charge in [0.1, 0.15) is 5.25 Å². The maximum absolute atomic E-state index is 13.5. The number of hydrogen-bond acceptors (Lipinski definition) is 7. The maximum Gasteiger partial charge on any atom is 0.309 e. The van der Waals surface area contributed by atoms with Gasteiger partial charge >= 0.3 is 5.97 Å². The van der Waals surface area contributed by atoms with Crippen LogP contribution in [0.25, 0.3) is 11.3 Å². The van der Waals surface area contributed by atoms with Crippen LogP contribution in [0.4, 0.5) is 5.69 Å². The highest BCUT2D eigenvalue weighted by Gasteiger charge is 2.31. The smallest absolute Gasteiger partial charge is 0.309 e. The number of nitrogens with zero attached hydrogens (tertiary/aromatic N) is 2. The molecule has 182 valence electrons. The minimum absolute atomic E-state index is 0.0513. The lowest BCUT2D eigenvalue weighted by Crippen LogP contribution is -2.20. The summed E-state index contributed by atoms with van der Waals surface area (Å²) < 4.78 is 31.7. The number of hydrogen-bond donors (Lipinski definition) is 1. The summed E-state index contributed by atoms with van der Waals surface area (Å²) in [5, 5.41) is 2.30. The van der Waals surface area contributed by atoms with Crippen molar-refractivity contribution in [3.8, 4) is 11.3 Å². The van der Waals surface area contributed by atoms with Gasteiger partial charge in [-0.15, -0.1) is 0 Å². The van der Waals surface area contributed by atoms with Gasteiger partial charge in [-0.3, -0.25) is 19.6 Å². The van der Waals surface area contributed by atoms with Crippen LogP contribution in [-0.4, -0.2) is 43.1 Å². The van der Waals surface area contributed by atoms with Crippen molar-refractivity contribution in [3.63, 3.8) is 0 Å². The number of pyridine rings is 2. The van der Waals surface area contributed by atoms with Gasteiger partial charge in [-0.2, -0.15) is 0 Å². The molecule has 0 spiro atoms. The van der Waals surface area contributed by atoms with Crippen LogP contribution < -0.4 is 5.32 Å². The van der Waals surface area contributed by atoms with Gasteiger partial charge in [-0.1, -0.05) is 23.7 Å². The SMILES string of the molecule is COC(=O)Cc1ccc2c(c1)NC(=O)CCCCS(=O)(=O)C(c1ccc(Cl)cn1)c1ccnc-2c1. The highest BCUT2D eigenvalue weighted by molar-refractivity contribution is 7.91. The van der Waals surface area contributed by atoms with E-state index in [2.05, 4.69) is 15.3 Å². The molecule has 0 aliphatic carbocycles. The van der Waals surface area contributed by atoms with E-state index in [1.165, 1.54) is 19.5 Å². The number of rotatable bonds is 3. The Hall–Kier alpha value is -3.30. The Bertz CT molecular complexity index is 1360. The molecule has 1 N–H and O–H groups in total. The fraction of sp³-hybridized carbons (Fsp3) is 0.280. The summed E-state index contributed by atoms with van der Waals surface area (Å²) in [4.78, 5) is 33.2. The molecule has 0 saturated heterocycles. The first-order chi connectivity index (χ1) is 16.8. The molecule has 10 heteroatoms. The number of nitrogens with one attached hydrogen (secondary N) is 1. The number of carbonyl (C=O) groups excluding carboxylic acids is 2. The Morgan fingerprint density at radius 1 is 1.14 bits per heavy atom. The Morgan fingerprint density at radius 3 is 2.71 bits per heavy atom. The monoisotopic (exact) mass is 513 g/mol. The predicted octanol–water partition coefficient (Wildman–Crippen LogP) is 4.14. The topological polar surface area (TPSA) is 115 Å². The third-order valence-corrected chi connectivity index (χ3v) is 8.07. The van der Waals surface area contributed by atoms with Gasteiger partial charge in [0.05, 0.1) is 41.4 Å². The number of fused-ring (bicyclic) bond motifs is 4. The third kappa shape index (κ3) is 5.86. The molecule has 35 heavy (non-hydrogen) atoms. The zero-order valence-electron chi connectivity index (χ0n) is 19.0. The molecular formula is C25H24ClN3O5S. The zero-order chi connectivity index (χ0) is 25.0.